The highest BCUT2D eigenvalue weighted by atomic mass is 16.3. The van der Waals surface area contributed by atoms with Crippen molar-refractivity contribution < 1.29 is 25.5 Å². The molecule has 2 radical (unpaired) electrons. The summed E-state index contributed by atoms with van der Waals surface area (Å²) < 4.78 is 0. The molecule has 5 nitrogen and oxygen atoms in total. The molecule has 0 spiro atoms. The molecule has 0 bridgehead atoms. The molecular weight excluding hydrogens is 379 g/mol. The van der Waals surface area contributed by atoms with Gasteiger partial charge in [-0.15, -0.1) is 0 Å². The van der Waals surface area contributed by atoms with E-state index in [9.17, 15) is 25.5 Å². The van der Waals surface area contributed by atoms with Crippen LogP contribution in [0.15, 0.2) is 18.2 Å². The summed E-state index contributed by atoms with van der Waals surface area (Å²) in [6.45, 7) is 8.66. The van der Waals surface area contributed by atoms with Crippen LogP contribution in [0.2, 0.25) is 0 Å². The van der Waals surface area contributed by atoms with Gasteiger partial charge in [0, 0.05) is 16.7 Å². The average molecular weight is 404 g/mol. The Morgan fingerprint density at radius 2 is 1.17 bits per heavy atom. The van der Waals surface area contributed by atoms with Crippen molar-refractivity contribution >= 4 is 13.3 Å². The summed E-state index contributed by atoms with van der Waals surface area (Å²) in [4.78, 5) is 0. The fourth-order valence-electron chi connectivity index (χ4n) is 3.94. The number of rotatable bonds is 3. The molecule has 0 aliphatic rings. The molecule has 0 atom stereocenters. The second kappa shape index (κ2) is 7.52. The molecule has 0 heterocycles. The normalized spacial score (nSPS) is 11.1. The van der Waals surface area contributed by atoms with Crippen LogP contribution in [0.3, 0.4) is 0 Å². The highest BCUT2D eigenvalue weighted by Crippen LogP contribution is 2.49. The highest BCUT2D eigenvalue weighted by molar-refractivity contribution is 6.38. The molecule has 0 saturated carbocycles. The minimum absolute atomic E-state index is 0.0431. The van der Waals surface area contributed by atoms with Gasteiger partial charge < -0.3 is 25.5 Å². The van der Waals surface area contributed by atoms with Gasteiger partial charge in [-0.2, -0.15) is 0 Å². The van der Waals surface area contributed by atoms with Crippen LogP contribution in [0.1, 0.15) is 34.7 Å². The maximum absolute atomic E-state index is 10.8. The number of hydrogen-bond acceptors (Lipinski definition) is 5. The zero-order chi connectivity index (χ0) is 22.5. The van der Waals surface area contributed by atoms with Crippen LogP contribution in [-0.2, 0) is 6.42 Å². The quantitative estimate of drug-likeness (QED) is 0.257. The van der Waals surface area contributed by atoms with Crippen molar-refractivity contribution in [3.63, 3.8) is 0 Å². The first-order valence-corrected chi connectivity index (χ1v) is 9.70. The summed E-state index contributed by atoms with van der Waals surface area (Å²) in [5.41, 5.74) is 4.10. The summed E-state index contributed by atoms with van der Waals surface area (Å²) in [7, 11) is 6.12. The molecule has 154 valence electrons. The lowest BCUT2D eigenvalue weighted by Gasteiger charge is -2.19. The van der Waals surface area contributed by atoms with E-state index in [1.807, 2.05) is 13.8 Å². The van der Waals surface area contributed by atoms with Crippen molar-refractivity contribution in [2.24, 2.45) is 0 Å². The Kier molecular flexibility index (Phi) is 5.37. The molecule has 0 unspecified atom stereocenters. The summed E-state index contributed by atoms with van der Waals surface area (Å²) in [6.07, 6.45) is 0.468. The Hall–Kier alpha value is -3.28. The first-order valence-electron chi connectivity index (χ1n) is 9.70. The van der Waals surface area contributed by atoms with Crippen LogP contribution in [0, 0.1) is 27.7 Å². The lowest BCUT2D eigenvalue weighted by Crippen LogP contribution is -2.11. The fraction of sp³-hybridized carbons (Fsp3) is 0.250. The van der Waals surface area contributed by atoms with Crippen LogP contribution in [0.4, 0.5) is 0 Å². The third-order valence-corrected chi connectivity index (χ3v) is 5.83. The van der Waals surface area contributed by atoms with Crippen molar-refractivity contribution in [3.8, 4) is 51.0 Å². The van der Waals surface area contributed by atoms with E-state index in [0.717, 1.165) is 5.56 Å². The van der Waals surface area contributed by atoms with Gasteiger partial charge in [-0.3, -0.25) is 0 Å². The molecule has 0 amide bonds. The number of aromatic hydroxyl groups is 5. The number of phenolic OH excluding ortho intramolecular Hbond substituents is 5. The molecule has 6 heteroatoms. The molecule has 0 aromatic heterocycles. The van der Waals surface area contributed by atoms with Crippen molar-refractivity contribution in [1.29, 1.82) is 0 Å². The van der Waals surface area contributed by atoms with Crippen molar-refractivity contribution in [3.05, 3.63) is 46.0 Å². The zero-order valence-electron chi connectivity index (χ0n) is 17.8. The third-order valence-electron chi connectivity index (χ3n) is 5.83. The monoisotopic (exact) mass is 404 g/mol. The fourth-order valence-corrected chi connectivity index (χ4v) is 3.94. The predicted molar refractivity (Wildman–Crippen MR) is 119 cm³/mol. The Bertz CT molecular complexity index is 1150. The van der Waals surface area contributed by atoms with Crippen LogP contribution in [-0.4, -0.2) is 33.4 Å². The average Bonchev–Trinajstić information content (AvgIpc) is 2.69. The maximum atomic E-state index is 10.8. The molecule has 0 aliphatic heterocycles. The van der Waals surface area contributed by atoms with Crippen molar-refractivity contribution in [2.75, 3.05) is 0 Å². The van der Waals surface area contributed by atoms with Gasteiger partial charge in [-0.25, -0.2) is 0 Å². The Balaban J connectivity index is 2.37. The summed E-state index contributed by atoms with van der Waals surface area (Å²) >= 11 is 0. The van der Waals surface area contributed by atoms with E-state index in [4.69, 9.17) is 7.85 Å². The van der Waals surface area contributed by atoms with Gasteiger partial charge in [0.2, 0.25) is 0 Å². The van der Waals surface area contributed by atoms with Gasteiger partial charge >= 0.3 is 0 Å². The minimum atomic E-state index is -0.418. The van der Waals surface area contributed by atoms with E-state index < -0.39 is 5.75 Å². The highest BCUT2D eigenvalue weighted by Gasteiger charge is 2.23. The van der Waals surface area contributed by atoms with E-state index in [-0.39, 0.29) is 39.6 Å². The molecule has 3 aromatic carbocycles. The summed E-state index contributed by atoms with van der Waals surface area (Å²) in [5, 5.41) is 52.9. The van der Waals surface area contributed by atoms with Gasteiger partial charge in [0.05, 0.1) is 5.56 Å². The van der Waals surface area contributed by atoms with E-state index in [1.165, 1.54) is 0 Å². The second-order valence-corrected chi connectivity index (χ2v) is 7.70. The summed E-state index contributed by atoms with van der Waals surface area (Å²) in [5.74, 6) is -0.959. The predicted octanol–water partition coefficient (Wildman–Crippen LogP) is 4.14. The van der Waals surface area contributed by atoms with E-state index in [2.05, 4.69) is 0 Å². The molecule has 30 heavy (non-hydrogen) atoms. The standard InChI is InChI=1S/C24H25BO5/c1-6-16-13(5)22(28)24(30)18(23(16)29)15-8-10(2)7-14(9-15)17-19(25)21(27)12(4)11(3)20(17)26/h7-9,26-30H,6H2,1-5H3. The SMILES string of the molecule is [B]c1c(O)c(C)c(C)c(O)c1-c1cc(C)cc(-c2c(O)c(O)c(C)c(CC)c2O)c1. The smallest absolute Gasteiger partial charge is 0.169 e. The minimum Gasteiger partial charge on any atom is -0.508 e. The zero-order valence-corrected chi connectivity index (χ0v) is 17.8. The van der Waals surface area contributed by atoms with Crippen molar-refractivity contribution in [1.82, 2.24) is 0 Å². The topological polar surface area (TPSA) is 101 Å². The lowest BCUT2D eigenvalue weighted by molar-refractivity contribution is 0.394. The molecule has 0 saturated heterocycles. The van der Waals surface area contributed by atoms with Gasteiger partial charge in [-0.1, -0.05) is 19.1 Å². The van der Waals surface area contributed by atoms with E-state index in [1.54, 1.807) is 39.0 Å². The molecule has 0 aliphatic carbocycles. The van der Waals surface area contributed by atoms with Gasteiger partial charge in [0.1, 0.15) is 25.1 Å². The van der Waals surface area contributed by atoms with E-state index >= 15 is 0 Å². The first-order chi connectivity index (χ1) is 14.0. The lowest BCUT2D eigenvalue weighted by atomic mass is 9.81. The number of hydrogen-bond donors (Lipinski definition) is 5. The maximum Gasteiger partial charge on any atom is 0.169 e. The van der Waals surface area contributed by atoms with Gasteiger partial charge in [0.25, 0.3) is 0 Å². The van der Waals surface area contributed by atoms with Crippen LogP contribution in [0.25, 0.3) is 22.3 Å². The van der Waals surface area contributed by atoms with Gasteiger partial charge in [-0.05, 0) is 73.5 Å². The molecule has 0 fully saturated rings. The van der Waals surface area contributed by atoms with Gasteiger partial charge in [0.15, 0.2) is 11.5 Å². The van der Waals surface area contributed by atoms with Crippen molar-refractivity contribution in [2.45, 2.75) is 41.0 Å². The second-order valence-electron chi connectivity index (χ2n) is 7.70. The number of benzene rings is 3. The van der Waals surface area contributed by atoms with Crippen LogP contribution < -0.4 is 5.46 Å². The molecule has 3 rings (SSSR count). The van der Waals surface area contributed by atoms with Crippen LogP contribution >= 0.6 is 0 Å². The molecular formula is C24H25BO5. The van der Waals surface area contributed by atoms with E-state index in [0.29, 0.717) is 39.8 Å². The third kappa shape index (κ3) is 3.13. The number of phenols is 5. The van der Waals surface area contributed by atoms with Crippen LogP contribution in [0.5, 0.6) is 28.7 Å². The number of aryl methyl sites for hydroxylation is 1. The Morgan fingerprint density at radius 3 is 1.73 bits per heavy atom. The first kappa shape index (κ1) is 21.4. The molecule has 3 aromatic rings. The largest absolute Gasteiger partial charge is 0.508 e. The Morgan fingerprint density at radius 1 is 0.633 bits per heavy atom. The summed E-state index contributed by atoms with van der Waals surface area (Å²) in [6, 6.07) is 5.18. The molecule has 5 N–H and O–H groups in total. The Labute approximate surface area is 177 Å².